The average Bonchev–Trinajstić information content (AvgIpc) is 2.15. The van der Waals surface area contributed by atoms with Crippen LogP contribution in [0.2, 0.25) is 0 Å². The van der Waals surface area contributed by atoms with Crippen molar-refractivity contribution in [1.82, 2.24) is 4.90 Å². The van der Waals surface area contributed by atoms with Crippen molar-refractivity contribution in [3.8, 4) is 0 Å². The first-order chi connectivity index (χ1) is 5.34. The van der Waals surface area contributed by atoms with Crippen LogP contribution in [0, 0.1) is 5.41 Å². The van der Waals surface area contributed by atoms with Crippen LogP contribution in [0.25, 0.3) is 0 Å². The number of nitrogens with zero attached hydrogens (tertiary/aromatic N) is 1. The number of aliphatic hydroxyl groups is 1. The van der Waals surface area contributed by atoms with Crippen molar-refractivity contribution < 1.29 is 9.90 Å². The van der Waals surface area contributed by atoms with E-state index in [9.17, 15) is 9.90 Å². The van der Waals surface area contributed by atoms with E-state index >= 15 is 0 Å². The molecule has 0 aromatic heterocycles. The molecule has 1 heterocycles. The summed E-state index contributed by atoms with van der Waals surface area (Å²) >= 11 is 0. The van der Waals surface area contributed by atoms with Gasteiger partial charge in [-0.15, -0.1) is 0 Å². The van der Waals surface area contributed by atoms with Gasteiger partial charge in [0.15, 0.2) is 0 Å². The summed E-state index contributed by atoms with van der Waals surface area (Å²) in [6.07, 6.45) is 0.870. The predicted octanol–water partition coefficient (Wildman–Crippen LogP) is 0.749. The lowest BCUT2D eigenvalue weighted by Crippen LogP contribution is -2.31. The third-order valence-electron chi connectivity index (χ3n) is 2.07. The highest BCUT2D eigenvalue weighted by Crippen LogP contribution is 2.31. The Hall–Kier alpha value is -0.830. The van der Waals surface area contributed by atoms with E-state index in [4.69, 9.17) is 0 Å². The maximum atomic E-state index is 11.5. The zero-order chi connectivity index (χ0) is 9.52. The molecule has 1 aliphatic rings. The van der Waals surface area contributed by atoms with Crippen molar-refractivity contribution in [3.05, 3.63) is 11.6 Å². The summed E-state index contributed by atoms with van der Waals surface area (Å²) in [6, 6.07) is 0. The molecule has 0 saturated carbocycles. The summed E-state index contributed by atoms with van der Waals surface area (Å²) in [5, 5.41) is 9.33. The molecular formula is C9H15NO2. The Balaban J connectivity index is 2.95. The first kappa shape index (κ1) is 9.26. The molecule has 3 nitrogen and oxygen atoms in total. The molecular weight excluding hydrogens is 154 g/mol. The van der Waals surface area contributed by atoms with Crippen LogP contribution in [0.4, 0.5) is 0 Å². The van der Waals surface area contributed by atoms with Gasteiger partial charge in [0.25, 0.3) is 5.91 Å². The third-order valence-corrected chi connectivity index (χ3v) is 2.07. The molecule has 0 saturated heterocycles. The lowest BCUT2D eigenvalue weighted by atomic mass is 9.86. The van der Waals surface area contributed by atoms with Gasteiger partial charge in [0.1, 0.15) is 6.23 Å². The largest absolute Gasteiger partial charge is 0.370 e. The molecule has 0 aromatic carbocycles. The second-order valence-corrected chi connectivity index (χ2v) is 4.16. The molecule has 0 bridgehead atoms. The van der Waals surface area contributed by atoms with Gasteiger partial charge in [0.2, 0.25) is 0 Å². The smallest absolute Gasteiger partial charge is 0.252 e. The summed E-state index contributed by atoms with van der Waals surface area (Å²) in [6.45, 7) is 5.88. The van der Waals surface area contributed by atoms with E-state index in [0.717, 1.165) is 0 Å². The van der Waals surface area contributed by atoms with Crippen molar-refractivity contribution in [1.29, 1.82) is 0 Å². The third kappa shape index (κ3) is 1.37. The standard InChI is InChI=1S/C9H15NO2/c1-9(2,3)6-5-7(11)10(4)8(6)12/h5,7,11H,1-4H3. The van der Waals surface area contributed by atoms with E-state index in [-0.39, 0.29) is 11.3 Å². The van der Waals surface area contributed by atoms with Gasteiger partial charge in [0, 0.05) is 12.6 Å². The number of likely N-dealkylation sites (N-methyl/N-ethyl adjacent to an activating group) is 1. The first-order valence-electron chi connectivity index (χ1n) is 4.01. The van der Waals surface area contributed by atoms with Crippen LogP contribution in [-0.2, 0) is 4.79 Å². The maximum Gasteiger partial charge on any atom is 0.252 e. The van der Waals surface area contributed by atoms with E-state index in [1.165, 1.54) is 4.90 Å². The zero-order valence-corrected chi connectivity index (χ0v) is 7.96. The van der Waals surface area contributed by atoms with Crippen LogP contribution in [0.15, 0.2) is 11.6 Å². The summed E-state index contributed by atoms with van der Waals surface area (Å²) in [5.41, 5.74) is 0.514. The van der Waals surface area contributed by atoms with E-state index < -0.39 is 6.23 Å². The van der Waals surface area contributed by atoms with Crippen molar-refractivity contribution in [3.63, 3.8) is 0 Å². The normalized spacial score (nSPS) is 24.8. The van der Waals surface area contributed by atoms with Crippen LogP contribution < -0.4 is 0 Å². The summed E-state index contributed by atoms with van der Waals surface area (Å²) in [4.78, 5) is 12.8. The van der Waals surface area contributed by atoms with Crippen LogP contribution in [0.5, 0.6) is 0 Å². The van der Waals surface area contributed by atoms with Gasteiger partial charge in [-0.1, -0.05) is 20.8 Å². The van der Waals surface area contributed by atoms with Gasteiger partial charge >= 0.3 is 0 Å². The molecule has 0 aliphatic carbocycles. The molecule has 1 atom stereocenters. The van der Waals surface area contributed by atoms with Gasteiger partial charge in [-0.3, -0.25) is 4.79 Å². The Bertz CT molecular complexity index is 237. The van der Waals surface area contributed by atoms with Crippen molar-refractivity contribution in [2.75, 3.05) is 7.05 Å². The highest BCUT2D eigenvalue weighted by molar-refractivity contribution is 5.97. The lowest BCUT2D eigenvalue weighted by molar-refractivity contribution is -0.130. The topological polar surface area (TPSA) is 40.5 Å². The molecule has 1 aliphatic heterocycles. The molecule has 12 heavy (non-hydrogen) atoms. The minimum absolute atomic E-state index is 0.0741. The molecule has 0 fully saturated rings. The van der Waals surface area contributed by atoms with Gasteiger partial charge in [0.05, 0.1) is 0 Å². The number of hydrogen-bond acceptors (Lipinski definition) is 2. The van der Waals surface area contributed by atoms with Crippen molar-refractivity contribution in [2.24, 2.45) is 5.41 Å². The van der Waals surface area contributed by atoms with Gasteiger partial charge < -0.3 is 10.0 Å². The fraction of sp³-hybridized carbons (Fsp3) is 0.667. The van der Waals surface area contributed by atoms with Crippen LogP contribution >= 0.6 is 0 Å². The maximum absolute atomic E-state index is 11.5. The second-order valence-electron chi connectivity index (χ2n) is 4.16. The fourth-order valence-corrected chi connectivity index (χ4v) is 1.21. The molecule has 68 valence electrons. The summed E-state index contributed by atoms with van der Waals surface area (Å²) in [7, 11) is 1.60. The van der Waals surface area contributed by atoms with Crippen molar-refractivity contribution >= 4 is 5.91 Å². The Morgan fingerprint density at radius 3 is 2.17 bits per heavy atom. The van der Waals surface area contributed by atoms with E-state index in [0.29, 0.717) is 5.57 Å². The summed E-state index contributed by atoms with van der Waals surface area (Å²) < 4.78 is 0. The Morgan fingerprint density at radius 2 is 2.00 bits per heavy atom. The van der Waals surface area contributed by atoms with E-state index in [1.807, 2.05) is 20.8 Å². The molecule has 1 N–H and O–H groups in total. The number of rotatable bonds is 0. The van der Waals surface area contributed by atoms with E-state index in [1.54, 1.807) is 13.1 Å². The monoisotopic (exact) mass is 169 g/mol. The molecule has 1 unspecified atom stereocenters. The Kier molecular flexibility index (Phi) is 2.00. The van der Waals surface area contributed by atoms with Crippen molar-refractivity contribution in [2.45, 2.75) is 27.0 Å². The van der Waals surface area contributed by atoms with Gasteiger partial charge in [-0.2, -0.15) is 0 Å². The summed E-state index contributed by atoms with van der Waals surface area (Å²) in [5.74, 6) is -0.0741. The number of hydrogen-bond donors (Lipinski definition) is 1. The Morgan fingerprint density at radius 1 is 1.50 bits per heavy atom. The molecule has 0 aromatic rings. The second kappa shape index (κ2) is 2.59. The number of aliphatic hydroxyl groups excluding tert-OH is 1. The SMILES string of the molecule is CN1C(=O)C(C(C)(C)C)=CC1O. The Labute approximate surface area is 72.7 Å². The molecule has 3 heteroatoms. The fourth-order valence-electron chi connectivity index (χ4n) is 1.21. The van der Waals surface area contributed by atoms with Crippen LogP contribution in [0.1, 0.15) is 20.8 Å². The molecule has 0 spiro atoms. The van der Waals surface area contributed by atoms with Crippen LogP contribution in [0.3, 0.4) is 0 Å². The minimum atomic E-state index is -0.744. The zero-order valence-electron chi connectivity index (χ0n) is 7.96. The highest BCUT2D eigenvalue weighted by atomic mass is 16.3. The molecule has 1 amide bonds. The number of carbonyl (C=O) groups excluding carboxylic acids is 1. The van der Waals surface area contributed by atoms with Gasteiger partial charge in [-0.25, -0.2) is 0 Å². The predicted molar refractivity (Wildman–Crippen MR) is 46.3 cm³/mol. The average molecular weight is 169 g/mol. The lowest BCUT2D eigenvalue weighted by Gasteiger charge is -2.20. The quantitative estimate of drug-likeness (QED) is 0.581. The minimum Gasteiger partial charge on any atom is -0.370 e. The molecule has 1 rings (SSSR count). The van der Waals surface area contributed by atoms with Gasteiger partial charge in [-0.05, 0) is 11.5 Å². The first-order valence-corrected chi connectivity index (χ1v) is 4.01. The number of carbonyl (C=O) groups is 1. The van der Waals surface area contributed by atoms with Crippen LogP contribution in [-0.4, -0.2) is 29.2 Å². The number of amides is 1. The highest BCUT2D eigenvalue weighted by Gasteiger charge is 2.34. The molecule has 0 radical (unpaired) electrons. The van der Waals surface area contributed by atoms with E-state index in [2.05, 4.69) is 0 Å².